The first kappa shape index (κ1) is 24.5. The molecule has 7 rings (SSSR count). The second-order valence-electron chi connectivity index (χ2n) is 11.3. The average Bonchev–Trinajstić information content (AvgIpc) is 3.65. The molecule has 0 spiro atoms. The van der Waals surface area contributed by atoms with E-state index >= 15 is 0 Å². The summed E-state index contributed by atoms with van der Waals surface area (Å²) in [6, 6.07) is 17.7. The number of likely N-dealkylation sites (N-methyl/N-ethyl adjacent to an activating group) is 1. The van der Waals surface area contributed by atoms with Crippen molar-refractivity contribution in [3.63, 3.8) is 0 Å². The maximum absolute atomic E-state index is 12.3. The van der Waals surface area contributed by atoms with Gasteiger partial charge in [-0.1, -0.05) is 24.3 Å². The van der Waals surface area contributed by atoms with Gasteiger partial charge in [0.25, 0.3) is 0 Å². The Morgan fingerprint density at radius 3 is 2.59 bits per heavy atom. The molecule has 2 aliphatic heterocycles. The fourth-order valence-electron chi connectivity index (χ4n) is 5.96. The Labute approximate surface area is 229 Å². The van der Waals surface area contributed by atoms with Crippen LogP contribution in [0, 0.1) is 0 Å². The van der Waals surface area contributed by atoms with Gasteiger partial charge in [0.15, 0.2) is 11.5 Å². The minimum absolute atomic E-state index is 0.464. The van der Waals surface area contributed by atoms with E-state index in [1.54, 1.807) is 18.6 Å². The van der Waals surface area contributed by atoms with Crippen molar-refractivity contribution in [2.45, 2.75) is 50.1 Å². The van der Waals surface area contributed by atoms with Crippen molar-refractivity contribution in [1.29, 1.82) is 0 Å². The standard InChI is InChI=1S/C30H33N7OS/c1-36-24-13-14-25(36)16-21(15-24)19-9-11-23(12-10-19)32-30-31-18-22-17-26(20-7-8-20)37(29(22)34-30)28-6-4-5-27(33-28)35-39(2,3)38/h4-6,9-12,15,17-18,20,24-25H,7-8,13-14,16H2,1-3H3,(H,31,32,34). The number of aromatic nitrogens is 4. The van der Waals surface area contributed by atoms with Crippen LogP contribution < -0.4 is 5.32 Å². The lowest BCUT2D eigenvalue weighted by molar-refractivity contribution is 0.264. The summed E-state index contributed by atoms with van der Waals surface area (Å²) in [5.74, 6) is 2.22. The molecule has 1 saturated heterocycles. The average molecular weight is 540 g/mol. The van der Waals surface area contributed by atoms with Crippen LogP contribution in [0.25, 0.3) is 22.4 Å². The molecule has 3 aromatic heterocycles. The SMILES string of the molecule is CN1C2C=C(c3ccc(Nc4ncc5cc(C6CC6)n(-c6cccc(N=S(C)(C)=O)n6)c5n4)cc3)CC1CC2. The van der Waals surface area contributed by atoms with Gasteiger partial charge in [0.2, 0.25) is 5.95 Å². The van der Waals surface area contributed by atoms with Crippen LogP contribution in [-0.4, -0.2) is 60.3 Å². The Bertz CT molecular complexity index is 1720. The number of hydrogen-bond acceptors (Lipinski definition) is 7. The third-order valence-corrected chi connectivity index (χ3v) is 8.71. The molecule has 5 heterocycles. The van der Waals surface area contributed by atoms with Crippen LogP contribution in [0.4, 0.5) is 17.5 Å². The van der Waals surface area contributed by atoms with Gasteiger partial charge in [0.05, 0.1) is 0 Å². The number of nitrogens with zero attached hydrogens (tertiary/aromatic N) is 6. The highest BCUT2D eigenvalue weighted by atomic mass is 32.2. The molecule has 9 heteroatoms. The Morgan fingerprint density at radius 1 is 1.03 bits per heavy atom. The van der Waals surface area contributed by atoms with Crippen LogP contribution in [0.1, 0.15) is 49.3 Å². The van der Waals surface area contributed by atoms with E-state index in [2.05, 4.69) is 67.6 Å². The summed E-state index contributed by atoms with van der Waals surface area (Å²) in [7, 11) is -0.0642. The molecule has 1 saturated carbocycles. The molecule has 39 heavy (non-hydrogen) atoms. The molecule has 2 fully saturated rings. The lowest BCUT2D eigenvalue weighted by atomic mass is 9.95. The lowest BCUT2D eigenvalue weighted by Gasteiger charge is -2.30. The number of benzene rings is 1. The molecular weight excluding hydrogens is 506 g/mol. The molecule has 4 aromatic rings. The molecule has 3 aliphatic rings. The van der Waals surface area contributed by atoms with Gasteiger partial charge >= 0.3 is 0 Å². The van der Waals surface area contributed by atoms with Crippen LogP contribution in [-0.2, 0) is 9.73 Å². The van der Waals surface area contributed by atoms with Gasteiger partial charge in [-0.2, -0.15) is 9.35 Å². The van der Waals surface area contributed by atoms with Crippen molar-refractivity contribution >= 4 is 43.8 Å². The normalized spacial score (nSPS) is 21.3. The number of pyridine rings is 1. The maximum Gasteiger partial charge on any atom is 0.229 e. The van der Waals surface area contributed by atoms with Crippen LogP contribution in [0.15, 0.2) is 65.2 Å². The summed E-state index contributed by atoms with van der Waals surface area (Å²) < 4.78 is 18.7. The van der Waals surface area contributed by atoms with Gasteiger partial charge in [-0.15, -0.1) is 0 Å². The monoisotopic (exact) mass is 539 g/mol. The fourth-order valence-corrected chi connectivity index (χ4v) is 6.51. The lowest BCUT2D eigenvalue weighted by Crippen LogP contribution is -2.34. The highest BCUT2D eigenvalue weighted by Crippen LogP contribution is 2.43. The first-order valence-electron chi connectivity index (χ1n) is 13.6. The third-order valence-electron chi connectivity index (χ3n) is 8.08. The van der Waals surface area contributed by atoms with Gasteiger partial charge < -0.3 is 5.32 Å². The summed E-state index contributed by atoms with van der Waals surface area (Å²) in [5.41, 5.74) is 5.69. The molecule has 0 amide bonds. The Morgan fingerprint density at radius 2 is 1.85 bits per heavy atom. The Hall–Kier alpha value is -3.56. The second kappa shape index (κ2) is 9.27. The zero-order valence-corrected chi connectivity index (χ0v) is 23.4. The first-order chi connectivity index (χ1) is 18.8. The van der Waals surface area contributed by atoms with E-state index < -0.39 is 9.73 Å². The van der Waals surface area contributed by atoms with Gasteiger partial charge in [0.1, 0.15) is 5.82 Å². The van der Waals surface area contributed by atoms with Crippen molar-refractivity contribution in [1.82, 2.24) is 24.4 Å². The van der Waals surface area contributed by atoms with Gasteiger partial charge in [0, 0.05) is 57.3 Å². The van der Waals surface area contributed by atoms with E-state index in [9.17, 15) is 4.21 Å². The second-order valence-corrected chi connectivity index (χ2v) is 13.9. The molecule has 1 aromatic carbocycles. The van der Waals surface area contributed by atoms with Crippen molar-refractivity contribution in [2.75, 3.05) is 24.9 Å². The van der Waals surface area contributed by atoms with Gasteiger partial charge in [-0.3, -0.25) is 9.47 Å². The smallest absolute Gasteiger partial charge is 0.229 e. The highest BCUT2D eigenvalue weighted by Gasteiger charge is 2.34. The highest BCUT2D eigenvalue weighted by molar-refractivity contribution is 7.92. The van der Waals surface area contributed by atoms with E-state index in [1.807, 2.05) is 18.3 Å². The summed E-state index contributed by atoms with van der Waals surface area (Å²) >= 11 is 0. The zero-order valence-electron chi connectivity index (χ0n) is 22.5. The number of rotatable bonds is 6. The summed E-state index contributed by atoms with van der Waals surface area (Å²) in [5, 5.41) is 4.37. The van der Waals surface area contributed by atoms with E-state index in [4.69, 9.17) is 9.97 Å². The molecule has 2 atom stereocenters. The van der Waals surface area contributed by atoms with Crippen molar-refractivity contribution in [2.24, 2.45) is 4.36 Å². The predicted molar refractivity (Wildman–Crippen MR) is 158 cm³/mol. The van der Waals surface area contributed by atoms with E-state index in [0.717, 1.165) is 41.8 Å². The molecule has 0 radical (unpaired) electrons. The molecule has 2 bridgehead atoms. The Balaban J connectivity index is 1.20. The Kier molecular flexibility index (Phi) is 5.82. The number of nitrogens with one attached hydrogen (secondary N) is 1. The molecule has 1 aliphatic carbocycles. The maximum atomic E-state index is 12.3. The largest absolute Gasteiger partial charge is 0.324 e. The number of anilines is 2. The summed E-state index contributed by atoms with van der Waals surface area (Å²) in [6.07, 6.45) is 13.5. The van der Waals surface area contributed by atoms with Gasteiger partial charge in [-0.25, -0.2) is 14.2 Å². The predicted octanol–water partition coefficient (Wildman–Crippen LogP) is 6.05. The van der Waals surface area contributed by atoms with Crippen molar-refractivity contribution in [3.8, 4) is 5.82 Å². The van der Waals surface area contributed by atoms with E-state index in [-0.39, 0.29) is 0 Å². The number of fused-ring (bicyclic) bond motifs is 3. The molecule has 2 unspecified atom stereocenters. The van der Waals surface area contributed by atoms with Crippen LogP contribution in [0.2, 0.25) is 0 Å². The van der Waals surface area contributed by atoms with Crippen molar-refractivity contribution < 1.29 is 4.21 Å². The number of hydrogen-bond donors (Lipinski definition) is 1. The summed E-state index contributed by atoms with van der Waals surface area (Å²) in [4.78, 5) is 16.8. The fraction of sp³-hybridized carbons (Fsp3) is 0.367. The molecule has 1 N–H and O–H groups in total. The first-order valence-corrected chi connectivity index (χ1v) is 16.0. The molecular formula is C30H33N7OS. The minimum Gasteiger partial charge on any atom is -0.324 e. The topological polar surface area (TPSA) is 88.3 Å². The van der Waals surface area contributed by atoms with Gasteiger partial charge in [-0.05, 0) is 86.5 Å². The summed E-state index contributed by atoms with van der Waals surface area (Å²) in [6.45, 7) is 0. The minimum atomic E-state index is -2.31. The van der Waals surface area contributed by atoms with Crippen LogP contribution in [0.3, 0.4) is 0 Å². The van der Waals surface area contributed by atoms with E-state index in [0.29, 0.717) is 29.8 Å². The van der Waals surface area contributed by atoms with Crippen LogP contribution in [0.5, 0.6) is 0 Å². The molecule has 200 valence electrons. The molecule has 8 nitrogen and oxygen atoms in total. The quantitative estimate of drug-likeness (QED) is 0.321. The van der Waals surface area contributed by atoms with Crippen LogP contribution >= 0.6 is 0 Å². The van der Waals surface area contributed by atoms with Crippen molar-refractivity contribution in [3.05, 3.63) is 72.1 Å². The third kappa shape index (κ3) is 4.85. The zero-order chi connectivity index (χ0) is 26.7. The van der Waals surface area contributed by atoms with E-state index in [1.165, 1.54) is 29.7 Å².